The first-order valence-corrected chi connectivity index (χ1v) is 8.36. The van der Waals surface area contributed by atoms with Crippen molar-refractivity contribution in [2.45, 2.75) is 18.4 Å². The quantitative estimate of drug-likeness (QED) is 0.815. The predicted octanol–water partition coefficient (Wildman–Crippen LogP) is 4.17. The van der Waals surface area contributed by atoms with Gasteiger partial charge in [-0.3, -0.25) is 4.99 Å². The normalized spacial score (nSPS) is 21.5. The number of aliphatic imine (C=N–C) groups is 1. The molecule has 6 heteroatoms. The maximum absolute atomic E-state index is 6.09. The van der Waals surface area contributed by atoms with Crippen LogP contribution in [0.3, 0.4) is 0 Å². The van der Waals surface area contributed by atoms with E-state index in [9.17, 15) is 0 Å². The highest BCUT2D eigenvalue weighted by atomic mass is 79.9. The largest absolute Gasteiger partial charge is 0.381 e. The zero-order valence-electron chi connectivity index (χ0n) is 10.3. The number of halogens is 2. The topological polar surface area (TPSA) is 33.6 Å². The molecular weight excluding hydrogens is 348 g/mol. The number of benzene rings is 1. The van der Waals surface area contributed by atoms with Crippen molar-refractivity contribution in [2.75, 3.05) is 24.3 Å². The zero-order chi connectivity index (χ0) is 13.3. The molecule has 0 amide bonds. The van der Waals surface area contributed by atoms with Crippen molar-refractivity contribution >= 4 is 50.1 Å². The average Bonchev–Trinajstić information content (AvgIpc) is 2.79. The lowest BCUT2D eigenvalue weighted by Gasteiger charge is -2.29. The second kappa shape index (κ2) is 5.64. The molecular formula is C13H14BrClN2OS. The lowest BCUT2D eigenvalue weighted by Crippen LogP contribution is -2.34. The Labute approximate surface area is 130 Å². The van der Waals surface area contributed by atoms with Crippen molar-refractivity contribution < 1.29 is 4.74 Å². The van der Waals surface area contributed by atoms with Gasteiger partial charge >= 0.3 is 0 Å². The van der Waals surface area contributed by atoms with Crippen LogP contribution < -0.4 is 5.32 Å². The first kappa shape index (κ1) is 13.7. The molecule has 0 unspecified atom stereocenters. The number of anilines is 1. The van der Waals surface area contributed by atoms with Crippen molar-refractivity contribution in [1.29, 1.82) is 0 Å². The van der Waals surface area contributed by atoms with Gasteiger partial charge in [-0.05, 0) is 40.9 Å². The molecule has 2 heterocycles. The van der Waals surface area contributed by atoms with Gasteiger partial charge in [-0.2, -0.15) is 0 Å². The fraction of sp³-hybridized carbons (Fsp3) is 0.462. The van der Waals surface area contributed by atoms with E-state index >= 15 is 0 Å². The van der Waals surface area contributed by atoms with Gasteiger partial charge in [0, 0.05) is 19.0 Å². The number of nitrogens with zero attached hydrogens (tertiary/aromatic N) is 1. The molecule has 0 aliphatic carbocycles. The smallest absolute Gasteiger partial charge is 0.161 e. The Morgan fingerprint density at radius 3 is 2.95 bits per heavy atom. The summed E-state index contributed by atoms with van der Waals surface area (Å²) in [5.74, 6) is 1.04. The van der Waals surface area contributed by atoms with Crippen LogP contribution in [0.5, 0.6) is 0 Å². The first-order chi connectivity index (χ1) is 9.19. The summed E-state index contributed by atoms with van der Waals surface area (Å²) in [4.78, 5) is 4.87. The van der Waals surface area contributed by atoms with Crippen molar-refractivity contribution in [1.82, 2.24) is 0 Å². The van der Waals surface area contributed by atoms with Gasteiger partial charge in [0.2, 0.25) is 0 Å². The van der Waals surface area contributed by atoms with Gasteiger partial charge in [-0.25, -0.2) is 0 Å². The van der Waals surface area contributed by atoms with Gasteiger partial charge in [0.1, 0.15) is 0 Å². The molecule has 1 N–H and O–H groups in total. The van der Waals surface area contributed by atoms with E-state index < -0.39 is 0 Å². The summed E-state index contributed by atoms with van der Waals surface area (Å²) in [7, 11) is 0. The molecule has 3 rings (SSSR count). The minimum absolute atomic E-state index is 0.0797. The molecule has 1 fully saturated rings. The summed E-state index contributed by atoms with van der Waals surface area (Å²) in [6, 6.07) is 5.79. The molecule has 0 atom stereocenters. The van der Waals surface area contributed by atoms with Crippen LogP contribution >= 0.6 is 39.3 Å². The van der Waals surface area contributed by atoms with E-state index in [-0.39, 0.29) is 5.54 Å². The molecule has 0 aromatic heterocycles. The van der Waals surface area contributed by atoms with Gasteiger partial charge in [0.25, 0.3) is 0 Å². The molecule has 0 saturated carbocycles. The fourth-order valence-corrected chi connectivity index (χ4v) is 4.01. The SMILES string of the molecule is Clc1cccc(NC2=NC3(CCOCC3)CS2)c1Br. The van der Waals surface area contributed by atoms with Crippen LogP contribution in [-0.2, 0) is 4.74 Å². The monoisotopic (exact) mass is 360 g/mol. The Morgan fingerprint density at radius 1 is 1.37 bits per heavy atom. The lowest BCUT2D eigenvalue weighted by atomic mass is 9.93. The van der Waals surface area contributed by atoms with Gasteiger partial charge < -0.3 is 10.1 Å². The zero-order valence-corrected chi connectivity index (χ0v) is 13.4. The third-order valence-corrected chi connectivity index (χ3v) is 5.98. The standard InChI is InChI=1S/C13H14BrClN2OS/c14-11-9(15)2-1-3-10(11)16-12-17-13(8-19-12)4-6-18-7-5-13/h1-3H,4-8H2,(H,16,17). The molecule has 1 saturated heterocycles. The Bertz CT molecular complexity index is 517. The van der Waals surface area contributed by atoms with Crippen molar-refractivity contribution in [2.24, 2.45) is 4.99 Å². The molecule has 2 aliphatic rings. The maximum Gasteiger partial charge on any atom is 0.161 e. The predicted molar refractivity (Wildman–Crippen MR) is 85.5 cm³/mol. The summed E-state index contributed by atoms with van der Waals surface area (Å²) >= 11 is 11.4. The van der Waals surface area contributed by atoms with Gasteiger partial charge in [0.05, 0.1) is 20.7 Å². The van der Waals surface area contributed by atoms with E-state index in [1.165, 1.54) is 0 Å². The van der Waals surface area contributed by atoms with Crippen molar-refractivity contribution in [3.8, 4) is 0 Å². The number of thioether (sulfide) groups is 1. The first-order valence-electron chi connectivity index (χ1n) is 6.20. The van der Waals surface area contributed by atoms with Crippen LogP contribution in [0.1, 0.15) is 12.8 Å². The second-order valence-corrected chi connectivity index (χ2v) is 6.93. The van der Waals surface area contributed by atoms with E-state index in [0.717, 1.165) is 47.1 Å². The number of nitrogens with one attached hydrogen (secondary N) is 1. The molecule has 1 aromatic rings. The third-order valence-electron chi connectivity index (χ3n) is 3.43. The Balaban J connectivity index is 1.77. The van der Waals surface area contributed by atoms with Crippen LogP contribution in [0, 0.1) is 0 Å². The molecule has 1 aromatic carbocycles. The summed E-state index contributed by atoms with van der Waals surface area (Å²) in [5, 5.41) is 5.04. The molecule has 2 aliphatic heterocycles. The van der Waals surface area contributed by atoms with E-state index in [4.69, 9.17) is 21.3 Å². The molecule has 3 nitrogen and oxygen atoms in total. The second-order valence-electron chi connectivity index (χ2n) is 4.77. The Hall–Kier alpha value is -0.230. The molecule has 102 valence electrons. The summed E-state index contributed by atoms with van der Waals surface area (Å²) in [5.41, 5.74) is 1.04. The van der Waals surface area contributed by atoms with Crippen molar-refractivity contribution in [3.05, 3.63) is 27.7 Å². The van der Waals surface area contributed by atoms with Crippen LogP contribution in [0.15, 0.2) is 27.7 Å². The lowest BCUT2D eigenvalue weighted by molar-refractivity contribution is 0.0624. The van der Waals surface area contributed by atoms with E-state index in [1.807, 2.05) is 18.2 Å². The van der Waals surface area contributed by atoms with E-state index in [0.29, 0.717) is 5.02 Å². The number of ether oxygens (including phenoxy) is 1. The van der Waals surface area contributed by atoms with E-state index in [1.54, 1.807) is 11.8 Å². The van der Waals surface area contributed by atoms with Gasteiger partial charge in [-0.1, -0.05) is 29.4 Å². The highest BCUT2D eigenvalue weighted by Gasteiger charge is 2.37. The Morgan fingerprint density at radius 2 is 2.16 bits per heavy atom. The van der Waals surface area contributed by atoms with Crippen LogP contribution in [0.4, 0.5) is 5.69 Å². The minimum Gasteiger partial charge on any atom is -0.381 e. The van der Waals surface area contributed by atoms with Crippen LogP contribution in [0.2, 0.25) is 5.02 Å². The summed E-state index contributed by atoms with van der Waals surface area (Å²) in [6.07, 6.45) is 2.03. The maximum atomic E-state index is 6.09. The summed E-state index contributed by atoms with van der Waals surface area (Å²) in [6.45, 7) is 1.64. The fourth-order valence-electron chi connectivity index (χ4n) is 2.27. The number of amidine groups is 1. The molecule has 0 radical (unpaired) electrons. The minimum atomic E-state index is 0.0797. The number of hydrogen-bond acceptors (Lipinski definition) is 4. The van der Waals surface area contributed by atoms with Gasteiger partial charge in [0.15, 0.2) is 5.17 Å². The average molecular weight is 362 g/mol. The third kappa shape index (κ3) is 2.94. The van der Waals surface area contributed by atoms with Crippen molar-refractivity contribution in [3.63, 3.8) is 0 Å². The van der Waals surface area contributed by atoms with E-state index in [2.05, 4.69) is 21.2 Å². The van der Waals surface area contributed by atoms with Crippen LogP contribution in [0.25, 0.3) is 0 Å². The molecule has 19 heavy (non-hydrogen) atoms. The van der Waals surface area contributed by atoms with Crippen LogP contribution in [-0.4, -0.2) is 29.7 Å². The highest BCUT2D eigenvalue weighted by molar-refractivity contribution is 9.10. The number of hydrogen-bond donors (Lipinski definition) is 1. The van der Waals surface area contributed by atoms with Gasteiger partial charge in [-0.15, -0.1) is 0 Å². The summed E-state index contributed by atoms with van der Waals surface area (Å²) < 4.78 is 6.30. The Kier molecular flexibility index (Phi) is 4.08. The molecule has 0 bridgehead atoms. The molecule has 1 spiro atoms. The highest BCUT2D eigenvalue weighted by Crippen LogP contribution is 2.37. The number of rotatable bonds is 1.